The smallest absolute Gasteiger partial charge is 0.258 e. The number of carbonyl (C=O) groups is 2. The zero-order valence-electron chi connectivity index (χ0n) is 12.9. The maximum Gasteiger partial charge on any atom is 0.258 e. The van der Waals surface area contributed by atoms with E-state index in [4.69, 9.17) is 16.3 Å². The molecule has 0 atom stereocenters. The van der Waals surface area contributed by atoms with E-state index < -0.39 is 0 Å². The average molecular weight is 327 g/mol. The number of rotatable bonds is 10. The van der Waals surface area contributed by atoms with Gasteiger partial charge in [-0.05, 0) is 24.5 Å². The van der Waals surface area contributed by atoms with Crippen LogP contribution in [0.1, 0.15) is 25.3 Å². The molecule has 122 valence electrons. The first-order valence-electron chi connectivity index (χ1n) is 7.47. The molecule has 0 radical (unpaired) electrons. The molecule has 1 aromatic carbocycles. The number of carbonyl (C=O) groups excluding carboxylic acids is 2. The molecule has 0 unspecified atom stereocenters. The number of ether oxygens (including phenoxy) is 1. The number of amides is 2. The molecule has 22 heavy (non-hydrogen) atoms. The lowest BCUT2D eigenvalue weighted by atomic mass is 10.1. The number of nitrogens with one attached hydrogen (secondary N) is 2. The number of hydrogen-bond donors (Lipinski definition) is 2. The molecule has 6 heteroatoms. The molecule has 0 spiro atoms. The highest BCUT2D eigenvalue weighted by Gasteiger charge is 2.05. The van der Waals surface area contributed by atoms with Crippen LogP contribution < -0.4 is 15.4 Å². The minimum Gasteiger partial charge on any atom is -0.483 e. The molecular weight excluding hydrogens is 304 g/mol. The van der Waals surface area contributed by atoms with E-state index in [-0.39, 0.29) is 18.4 Å². The van der Waals surface area contributed by atoms with Gasteiger partial charge in [-0.2, -0.15) is 0 Å². The van der Waals surface area contributed by atoms with Gasteiger partial charge in [0.15, 0.2) is 6.61 Å². The highest BCUT2D eigenvalue weighted by molar-refractivity contribution is 6.17. The number of aryl methyl sites for hydroxylation is 1. The second-order valence-corrected chi connectivity index (χ2v) is 5.12. The van der Waals surface area contributed by atoms with E-state index in [1.165, 1.54) is 0 Å². The molecule has 0 aliphatic carbocycles. The van der Waals surface area contributed by atoms with Crippen molar-refractivity contribution in [2.24, 2.45) is 0 Å². The maximum atomic E-state index is 11.7. The molecule has 0 fully saturated rings. The third-order valence-electron chi connectivity index (χ3n) is 3.02. The van der Waals surface area contributed by atoms with Crippen molar-refractivity contribution in [1.29, 1.82) is 0 Å². The van der Waals surface area contributed by atoms with Crippen molar-refractivity contribution in [3.8, 4) is 5.75 Å². The van der Waals surface area contributed by atoms with Crippen LogP contribution in [0, 0.1) is 0 Å². The van der Waals surface area contributed by atoms with Gasteiger partial charge in [-0.1, -0.05) is 25.1 Å². The van der Waals surface area contributed by atoms with Crippen molar-refractivity contribution < 1.29 is 14.3 Å². The van der Waals surface area contributed by atoms with Gasteiger partial charge in [0.2, 0.25) is 5.91 Å². The van der Waals surface area contributed by atoms with Crippen LogP contribution in [0.5, 0.6) is 5.75 Å². The number of para-hydroxylation sites is 1. The van der Waals surface area contributed by atoms with Crippen molar-refractivity contribution in [3.05, 3.63) is 29.8 Å². The summed E-state index contributed by atoms with van der Waals surface area (Å²) in [5, 5.41) is 5.41. The summed E-state index contributed by atoms with van der Waals surface area (Å²) < 4.78 is 5.51. The van der Waals surface area contributed by atoms with E-state index >= 15 is 0 Å². The summed E-state index contributed by atoms with van der Waals surface area (Å²) in [4.78, 5) is 23.0. The van der Waals surface area contributed by atoms with E-state index in [2.05, 4.69) is 10.6 Å². The normalized spacial score (nSPS) is 10.1. The van der Waals surface area contributed by atoms with Crippen molar-refractivity contribution >= 4 is 23.4 Å². The van der Waals surface area contributed by atoms with Gasteiger partial charge in [-0.25, -0.2) is 0 Å². The third kappa shape index (κ3) is 7.31. The summed E-state index contributed by atoms with van der Waals surface area (Å²) in [5.74, 6) is 0.944. The molecule has 0 bridgehead atoms. The minimum absolute atomic E-state index is 0.0305. The van der Waals surface area contributed by atoms with Crippen LogP contribution in [0.2, 0.25) is 0 Å². The Kier molecular flexibility index (Phi) is 9.07. The Balaban J connectivity index is 2.17. The Morgan fingerprint density at radius 2 is 1.82 bits per heavy atom. The van der Waals surface area contributed by atoms with Gasteiger partial charge in [-0.3, -0.25) is 9.59 Å². The molecule has 2 N–H and O–H groups in total. The molecular formula is C16H23ClN2O3. The molecule has 0 heterocycles. The monoisotopic (exact) mass is 326 g/mol. The van der Waals surface area contributed by atoms with Gasteiger partial charge in [0.25, 0.3) is 5.91 Å². The first-order valence-corrected chi connectivity index (χ1v) is 8.01. The summed E-state index contributed by atoms with van der Waals surface area (Å²) in [6, 6.07) is 7.65. The quantitative estimate of drug-likeness (QED) is 0.509. The number of alkyl halides is 1. The topological polar surface area (TPSA) is 67.4 Å². The standard InChI is InChI=1S/C16H23ClN2O3/c1-2-13-6-3-4-7-14(13)22-12-16(21)19-11-10-18-15(20)8-5-9-17/h3-4,6-7H,2,5,8-12H2,1H3,(H,18,20)(H,19,21). The maximum absolute atomic E-state index is 11.7. The molecule has 0 aliphatic rings. The van der Waals surface area contributed by atoms with Crippen LogP contribution in [0.15, 0.2) is 24.3 Å². The number of benzene rings is 1. The Labute approximate surface area is 136 Å². The van der Waals surface area contributed by atoms with Crippen molar-refractivity contribution in [2.45, 2.75) is 26.2 Å². The van der Waals surface area contributed by atoms with E-state index in [0.717, 1.165) is 17.7 Å². The number of halogens is 1. The fourth-order valence-electron chi connectivity index (χ4n) is 1.85. The summed E-state index contributed by atoms with van der Waals surface area (Å²) in [6.45, 7) is 2.79. The van der Waals surface area contributed by atoms with E-state index in [0.29, 0.717) is 31.8 Å². The third-order valence-corrected chi connectivity index (χ3v) is 3.29. The van der Waals surface area contributed by atoms with Crippen LogP contribution in [0.25, 0.3) is 0 Å². The Bertz CT molecular complexity index is 480. The highest BCUT2D eigenvalue weighted by Crippen LogP contribution is 2.17. The van der Waals surface area contributed by atoms with Crippen molar-refractivity contribution in [2.75, 3.05) is 25.6 Å². The fourth-order valence-corrected chi connectivity index (χ4v) is 1.98. The van der Waals surface area contributed by atoms with Crippen LogP contribution in [0.3, 0.4) is 0 Å². The zero-order valence-corrected chi connectivity index (χ0v) is 13.6. The summed E-state index contributed by atoms with van der Waals surface area (Å²) in [6.07, 6.45) is 1.92. The van der Waals surface area contributed by atoms with Crippen molar-refractivity contribution in [1.82, 2.24) is 10.6 Å². The van der Waals surface area contributed by atoms with Crippen LogP contribution >= 0.6 is 11.6 Å². The average Bonchev–Trinajstić information content (AvgIpc) is 2.55. The lowest BCUT2D eigenvalue weighted by molar-refractivity contribution is -0.124. The van der Waals surface area contributed by atoms with Crippen LogP contribution in [-0.4, -0.2) is 37.4 Å². The second-order valence-electron chi connectivity index (χ2n) is 4.74. The molecule has 0 saturated carbocycles. The Hall–Kier alpha value is -1.75. The molecule has 1 aromatic rings. The molecule has 0 aromatic heterocycles. The Morgan fingerprint density at radius 3 is 2.50 bits per heavy atom. The molecule has 5 nitrogen and oxygen atoms in total. The largest absolute Gasteiger partial charge is 0.483 e. The van der Waals surface area contributed by atoms with Gasteiger partial charge < -0.3 is 15.4 Å². The SMILES string of the molecule is CCc1ccccc1OCC(=O)NCCNC(=O)CCCCl. The van der Waals surface area contributed by atoms with Crippen LogP contribution in [0.4, 0.5) is 0 Å². The van der Waals surface area contributed by atoms with Gasteiger partial charge in [-0.15, -0.1) is 11.6 Å². The van der Waals surface area contributed by atoms with Crippen molar-refractivity contribution in [3.63, 3.8) is 0 Å². The molecule has 2 amide bonds. The van der Waals surface area contributed by atoms with Crippen LogP contribution in [-0.2, 0) is 16.0 Å². The first-order chi connectivity index (χ1) is 10.7. The van der Waals surface area contributed by atoms with E-state index in [1.54, 1.807) is 0 Å². The van der Waals surface area contributed by atoms with Gasteiger partial charge in [0.1, 0.15) is 5.75 Å². The zero-order chi connectivity index (χ0) is 16.2. The van der Waals surface area contributed by atoms with Gasteiger partial charge in [0.05, 0.1) is 0 Å². The predicted molar refractivity (Wildman–Crippen MR) is 87.3 cm³/mol. The summed E-state index contributed by atoms with van der Waals surface area (Å²) >= 11 is 5.50. The lowest BCUT2D eigenvalue weighted by Crippen LogP contribution is -2.36. The summed E-state index contributed by atoms with van der Waals surface area (Å²) in [7, 11) is 0. The first kappa shape index (κ1) is 18.3. The lowest BCUT2D eigenvalue weighted by Gasteiger charge is -2.10. The predicted octanol–water partition coefficient (Wildman–Crippen LogP) is 1.88. The molecule has 1 rings (SSSR count). The molecule has 0 saturated heterocycles. The Morgan fingerprint density at radius 1 is 1.14 bits per heavy atom. The molecule has 0 aliphatic heterocycles. The second kappa shape index (κ2) is 10.9. The summed E-state index contributed by atoms with van der Waals surface area (Å²) in [5.41, 5.74) is 1.07. The fraction of sp³-hybridized carbons (Fsp3) is 0.500. The van der Waals surface area contributed by atoms with Gasteiger partial charge in [0, 0.05) is 25.4 Å². The van der Waals surface area contributed by atoms with E-state index in [1.807, 2.05) is 31.2 Å². The van der Waals surface area contributed by atoms with Gasteiger partial charge >= 0.3 is 0 Å². The van der Waals surface area contributed by atoms with E-state index in [9.17, 15) is 9.59 Å². The highest BCUT2D eigenvalue weighted by atomic mass is 35.5. The minimum atomic E-state index is -0.207. The number of hydrogen-bond acceptors (Lipinski definition) is 3.